The molecule has 0 bridgehead atoms. The summed E-state index contributed by atoms with van der Waals surface area (Å²) >= 11 is 0. The molecule has 0 saturated carbocycles. The summed E-state index contributed by atoms with van der Waals surface area (Å²) in [6, 6.07) is 2.58. The molecule has 2 rings (SSSR count). The topological polar surface area (TPSA) is 89.0 Å². The lowest BCUT2D eigenvalue weighted by Crippen LogP contribution is -2.32. The minimum Gasteiger partial charge on any atom is -0.295 e. The molecule has 2 aromatic rings. The Labute approximate surface area is 121 Å². The van der Waals surface area contributed by atoms with Gasteiger partial charge < -0.3 is 0 Å². The highest BCUT2D eigenvalue weighted by Crippen LogP contribution is 2.11. The molecule has 0 saturated heterocycles. The number of aromatic nitrogens is 2. The lowest BCUT2D eigenvalue weighted by molar-refractivity contribution is 0.574. The molecule has 21 heavy (non-hydrogen) atoms. The van der Waals surface area contributed by atoms with Crippen LogP contribution in [0.25, 0.3) is 0 Å². The average Bonchev–Trinajstić information content (AvgIpc) is 2.29. The van der Waals surface area contributed by atoms with E-state index in [4.69, 9.17) is 10.7 Å². The van der Waals surface area contributed by atoms with Crippen molar-refractivity contribution in [2.24, 2.45) is 0 Å². The van der Waals surface area contributed by atoms with E-state index in [1.54, 1.807) is 4.98 Å². The summed E-state index contributed by atoms with van der Waals surface area (Å²) in [5.41, 5.74) is -2.04. The van der Waals surface area contributed by atoms with Crippen LogP contribution in [-0.2, 0) is 15.6 Å². The molecule has 0 radical (unpaired) electrons. The van der Waals surface area contributed by atoms with E-state index in [1.807, 2.05) is 0 Å². The fraction of sp³-hybridized carbons (Fsp3) is 0.0909. The molecule has 0 atom stereocenters. The average molecular weight is 337 g/mol. The number of hydrogen-bond acceptors (Lipinski definition) is 4. The third-order valence-electron chi connectivity index (χ3n) is 2.52. The molecule has 0 fully saturated rings. The maximum absolute atomic E-state index is 13.1. The molecule has 0 aliphatic carbocycles. The molecule has 1 N–H and O–H groups in total. The Bertz CT molecular complexity index is 900. The zero-order valence-corrected chi connectivity index (χ0v) is 11.7. The van der Waals surface area contributed by atoms with E-state index < -0.39 is 36.8 Å². The van der Waals surface area contributed by atoms with Crippen molar-refractivity contribution in [1.82, 2.24) is 9.55 Å². The summed E-state index contributed by atoms with van der Waals surface area (Å²) < 4.78 is 49.3. The molecule has 0 unspecified atom stereocenters. The summed E-state index contributed by atoms with van der Waals surface area (Å²) in [4.78, 5) is 23.9. The van der Waals surface area contributed by atoms with Gasteiger partial charge in [-0.1, -0.05) is 0 Å². The van der Waals surface area contributed by atoms with Crippen molar-refractivity contribution in [2.75, 3.05) is 0 Å². The number of aromatic amines is 1. The molecule has 0 aliphatic heterocycles. The van der Waals surface area contributed by atoms with Gasteiger partial charge in [0.2, 0.25) is 0 Å². The molecular formula is C11H7ClF2N2O4S. The van der Waals surface area contributed by atoms with Crippen LogP contribution in [0.1, 0.15) is 5.56 Å². The van der Waals surface area contributed by atoms with Gasteiger partial charge in [0.05, 0.1) is 6.54 Å². The van der Waals surface area contributed by atoms with E-state index in [1.165, 1.54) is 0 Å². The first kappa shape index (κ1) is 15.4. The van der Waals surface area contributed by atoms with Crippen LogP contribution in [0.3, 0.4) is 0 Å². The number of H-pyrrole nitrogens is 1. The summed E-state index contributed by atoms with van der Waals surface area (Å²) in [6.07, 6.45) is 0.715. The van der Waals surface area contributed by atoms with Gasteiger partial charge in [-0.05, 0) is 17.7 Å². The van der Waals surface area contributed by atoms with Crippen molar-refractivity contribution < 1.29 is 17.2 Å². The van der Waals surface area contributed by atoms with Crippen LogP contribution in [0.5, 0.6) is 0 Å². The molecule has 6 nitrogen and oxygen atoms in total. The first-order chi connectivity index (χ1) is 9.66. The van der Waals surface area contributed by atoms with Crippen LogP contribution < -0.4 is 11.2 Å². The van der Waals surface area contributed by atoms with Gasteiger partial charge in [-0.15, -0.1) is 0 Å². The molecule has 1 aromatic heterocycles. The summed E-state index contributed by atoms with van der Waals surface area (Å²) in [6.45, 7) is -0.344. The summed E-state index contributed by atoms with van der Waals surface area (Å²) in [5.74, 6) is -1.71. The van der Waals surface area contributed by atoms with Gasteiger partial charge in [-0.25, -0.2) is 22.0 Å². The Morgan fingerprint density at radius 1 is 1.14 bits per heavy atom. The number of benzene rings is 1. The SMILES string of the molecule is O=c1[nH]c(=O)n(Cc2cc(F)cc(F)c2)cc1S(=O)(=O)Cl. The molecule has 0 spiro atoms. The van der Waals surface area contributed by atoms with Crippen LogP contribution in [0, 0.1) is 11.6 Å². The largest absolute Gasteiger partial charge is 0.328 e. The van der Waals surface area contributed by atoms with Crippen molar-refractivity contribution in [3.05, 3.63) is 62.4 Å². The van der Waals surface area contributed by atoms with E-state index in [0.717, 1.165) is 16.7 Å². The van der Waals surface area contributed by atoms with Gasteiger partial charge >= 0.3 is 5.69 Å². The summed E-state index contributed by atoms with van der Waals surface area (Å²) in [7, 11) is 0.698. The van der Waals surface area contributed by atoms with E-state index in [2.05, 4.69) is 0 Å². The van der Waals surface area contributed by atoms with Gasteiger partial charge in [-0.3, -0.25) is 14.3 Å². The summed E-state index contributed by atoms with van der Waals surface area (Å²) in [5, 5.41) is 0. The van der Waals surface area contributed by atoms with Gasteiger partial charge in [0, 0.05) is 22.9 Å². The van der Waals surface area contributed by atoms with Crippen LogP contribution >= 0.6 is 10.7 Å². The maximum atomic E-state index is 13.1. The quantitative estimate of drug-likeness (QED) is 0.839. The predicted molar refractivity (Wildman–Crippen MR) is 69.8 cm³/mol. The zero-order valence-electron chi connectivity index (χ0n) is 10.1. The number of nitrogens with zero attached hydrogens (tertiary/aromatic N) is 1. The minimum absolute atomic E-state index is 0.0690. The van der Waals surface area contributed by atoms with Crippen molar-refractivity contribution in [1.29, 1.82) is 0 Å². The van der Waals surface area contributed by atoms with Crippen LogP contribution in [-0.4, -0.2) is 18.0 Å². The Morgan fingerprint density at radius 3 is 2.24 bits per heavy atom. The molecule has 1 aromatic carbocycles. The first-order valence-electron chi connectivity index (χ1n) is 5.40. The van der Waals surface area contributed by atoms with E-state index >= 15 is 0 Å². The lowest BCUT2D eigenvalue weighted by atomic mass is 10.2. The second-order valence-corrected chi connectivity index (χ2v) is 6.63. The molecule has 1 heterocycles. The Balaban J connectivity index is 2.55. The monoisotopic (exact) mass is 336 g/mol. The van der Waals surface area contributed by atoms with E-state index in [0.29, 0.717) is 12.3 Å². The maximum Gasteiger partial charge on any atom is 0.328 e. The van der Waals surface area contributed by atoms with Crippen molar-refractivity contribution in [2.45, 2.75) is 11.4 Å². The van der Waals surface area contributed by atoms with Crippen LogP contribution in [0.2, 0.25) is 0 Å². The smallest absolute Gasteiger partial charge is 0.295 e. The fourth-order valence-corrected chi connectivity index (χ4v) is 2.53. The predicted octanol–water partition coefficient (Wildman–Crippen LogP) is 0.791. The number of halogens is 3. The third-order valence-corrected chi connectivity index (χ3v) is 3.83. The highest BCUT2D eigenvalue weighted by molar-refractivity contribution is 8.13. The Kier molecular flexibility index (Phi) is 3.97. The van der Waals surface area contributed by atoms with Crippen LogP contribution in [0.4, 0.5) is 8.78 Å². The standard InChI is InChI=1S/C11H7ClF2N2O4S/c12-21(19,20)9-5-16(11(18)15-10(9)17)4-6-1-7(13)3-8(14)2-6/h1-3,5H,4H2,(H,15,17,18). The zero-order chi connectivity index (χ0) is 15.8. The van der Waals surface area contributed by atoms with Crippen molar-refractivity contribution in [3.63, 3.8) is 0 Å². The normalized spacial score (nSPS) is 11.6. The number of nitrogens with one attached hydrogen (secondary N) is 1. The van der Waals surface area contributed by atoms with Crippen molar-refractivity contribution in [3.8, 4) is 0 Å². The molecule has 0 aliphatic rings. The molecule has 112 valence electrons. The van der Waals surface area contributed by atoms with Crippen molar-refractivity contribution >= 4 is 19.7 Å². The lowest BCUT2D eigenvalue weighted by Gasteiger charge is -2.07. The second kappa shape index (κ2) is 5.41. The molecular weight excluding hydrogens is 330 g/mol. The number of hydrogen-bond donors (Lipinski definition) is 1. The Hall–Kier alpha value is -2.00. The number of rotatable bonds is 3. The minimum atomic E-state index is -4.36. The Morgan fingerprint density at radius 2 is 1.71 bits per heavy atom. The highest BCUT2D eigenvalue weighted by Gasteiger charge is 2.17. The first-order valence-corrected chi connectivity index (χ1v) is 7.71. The highest BCUT2D eigenvalue weighted by atomic mass is 35.7. The molecule has 0 amide bonds. The van der Waals surface area contributed by atoms with Crippen LogP contribution in [0.15, 0.2) is 38.9 Å². The van der Waals surface area contributed by atoms with Gasteiger partial charge in [0.25, 0.3) is 14.6 Å². The van der Waals surface area contributed by atoms with Gasteiger partial charge in [0.15, 0.2) is 4.90 Å². The second-order valence-electron chi connectivity index (χ2n) is 4.10. The fourth-order valence-electron chi connectivity index (χ4n) is 1.68. The van der Waals surface area contributed by atoms with E-state index in [-0.39, 0.29) is 12.1 Å². The third kappa shape index (κ3) is 3.56. The molecule has 10 heteroatoms. The van der Waals surface area contributed by atoms with Gasteiger partial charge in [0.1, 0.15) is 11.6 Å². The van der Waals surface area contributed by atoms with E-state index in [9.17, 15) is 26.8 Å². The van der Waals surface area contributed by atoms with Gasteiger partial charge in [-0.2, -0.15) is 0 Å².